The summed E-state index contributed by atoms with van der Waals surface area (Å²) in [7, 11) is 0. The van der Waals surface area contributed by atoms with E-state index in [1.165, 1.54) is 4.90 Å². The van der Waals surface area contributed by atoms with Gasteiger partial charge in [-0.2, -0.15) is 0 Å². The lowest BCUT2D eigenvalue weighted by Crippen LogP contribution is -2.48. The number of amides is 3. The first-order valence-electron chi connectivity index (χ1n) is 9.11. The fraction of sp³-hybridized carbons (Fsp3) is 0.882. The van der Waals surface area contributed by atoms with Gasteiger partial charge in [-0.25, -0.2) is 4.79 Å². The zero-order valence-corrected chi connectivity index (χ0v) is 15.9. The zero-order valence-electron chi connectivity index (χ0n) is 14.4. The Morgan fingerprint density at radius 2 is 1.62 bits per heavy atom. The van der Waals surface area contributed by atoms with Crippen molar-refractivity contribution in [1.29, 1.82) is 0 Å². The normalized spacial score (nSPS) is 20.2. The highest BCUT2D eigenvalue weighted by atomic mass is 35.5. The van der Waals surface area contributed by atoms with Gasteiger partial charge < -0.3 is 10.2 Å². The molecule has 1 saturated carbocycles. The second kappa shape index (κ2) is 9.83. The molecule has 1 aliphatic carbocycles. The Labute approximate surface area is 155 Å². The summed E-state index contributed by atoms with van der Waals surface area (Å²) in [6.45, 7) is 3.19. The lowest BCUT2D eigenvalue weighted by atomic mass is 9.82. The third-order valence-electron chi connectivity index (χ3n) is 5.11. The van der Waals surface area contributed by atoms with Crippen molar-refractivity contribution in [3.05, 3.63) is 0 Å². The molecule has 1 N–H and O–H groups in total. The molecule has 2 aliphatic rings. The smallest absolute Gasteiger partial charge is 0.323 e. The molecule has 1 spiro atoms. The van der Waals surface area contributed by atoms with Crippen LogP contribution in [0.3, 0.4) is 0 Å². The number of hydrogen-bond acceptors (Lipinski definition) is 3. The van der Waals surface area contributed by atoms with Gasteiger partial charge in [0.05, 0.1) is 0 Å². The van der Waals surface area contributed by atoms with Crippen molar-refractivity contribution in [2.75, 3.05) is 37.9 Å². The van der Waals surface area contributed by atoms with Crippen LogP contribution in [-0.2, 0) is 4.79 Å². The molecule has 0 aromatic rings. The number of nitrogens with zero attached hydrogens (tertiary/aromatic N) is 2. The number of urea groups is 1. The molecule has 1 heterocycles. The highest BCUT2D eigenvalue weighted by molar-refractivity contribution is 6.18. The topological polar surface area (TPSA) is 52.7 Å². The highest BCUT2D eigenvalue weighted by Gasteiger charge is 2.50. The molecule has 0 unspecified atom stereocenters. The van der Waals surface area contributed by atoms with Crippen LogP contribution in [0.15, 0.2) is 0 Å². The van der Waals surface area contributed by atoms with Gasteiger partial charge in [0.2, 0.25) is 0 Å². The summed E-state index contributed by atoms with van der Waals surface area (Å²) in [5.74, 6) is 1.22. The van der Waals surface area contributed by atoms with Crippen LogP contribution in [0.25, 0.3) is 0 Å². The molecule has 24 heavy (non-hydrogen) atoms. The second-order valence-corrected chi connectivity index (χ2v) is 7.57. The van der Waals surface area contributed by atoms with Gasteiger partial charge >= 0.3 is 6.03 Å². The first-order chi connectivity index (χ1) is 11.6. The molecule has 2 rings (SSSR count). The number of halogens is 2. The Balaban J connectivity index is 1.70. The van der Waals surface area contributed by atoms with E-state index in [0.29, 0.717) is 18.3 Å². The summed E-state index contributed by atoms with van der Waals surface area (Å²) in [6.07, 6.45) is 7.66. The molecule has 0 bridgehead atoms. The summed E-state index contributed by atoms with van der Waals surface area (Å²) in [5, 5.41) is 2.96. The van der Waals surface area contributed by atoms with Crippen LogP contribution in [0.1, 0.15) is 51.4 Å². The Bertz CT molecular complexity index is 422. The molecule has 0 atom stereocenters. The molecule has 5 nitrogen and oxygen atoms in total. The van der Waals surface area contributed by atoms with Crippen LogP contribution in [0.4, 0.5) is 4.79 Å². The minimum absolute atomic E-state index is 0.00175. The molecule has 138 valence electrons. The van der Waals surface area contributed by atoms with Crippen LogP contribution in [0.5, 0.6) is 0 Å². The van der Waals surface area contributed by atoms with Gasteiger partial charge in [0.1, 0.15) is 5.54 Å². The number of imide groups is 1. The van der Waals surface area contributed by atoms with Crippen molar-refractivity contribution in [1.82, 2.24) is 15.1 Å². The van der Waals surface area contributed by atoms with E-state index in [1.54, 1.807) is 0 Å². The van der Waals surface area contributed by atoms with Crippen LogP contribution in [0, 0.1) is 0 Å². The van der Waals surface area contributed by atoms with E-state index in [9.17, 15) is 9.59 Å². The minimum Gasteiger partial charge on any atom is -0.323 e. The molecule has 1 aliphatic heterocycles. The summed E-state index contributed by atoms with van der Waals surface area (Å²) in [6, 6.07) is -0.201. The molecular weight excluding hydrogens is 349 g/mol. The highest BCUT2D eigenvalue weighted by Crippen LogP contribution is 2.33. The van der Waals surface area contributed by atoms with Crippen molar-refractivity contribution in [2.45, 2.75) is 56.9 Å². The molecule has 7 heteroatoms. The van der Waals surface area contributed by atoms with Gasteiger partial charge in [-0.05, 0) is 32.2 Å². The number of rotatable bonds is 10. The Morgan fingerprint density at radius 1 is 0.958 bits per heavy atom. The first kappa shape index (κ1) is 19.8. The number of nitrogens with one attached hydrogen (secondary N) is 1. The predicted octanol–water partition coefficient (Wildman–Crippen LogP) is 3.19. The first-order valence-corrected chi connectivity index (χ1v) is 10.2. The van der Waals surface area contributed by atoms with Gasteiger partial charge in [-0.15, -0.1) is 23.2 Å². The number of alkyl halides is 2. The monoisotopic (exact) mass is 377 g/mol. The molecule has 2 fully saturated rings. The van der Waals surface area contributed by atoms with Crippen molar-refractivity contribution < 1.29 is 9.59 Å². The maximum Gasteiger partial charge on any atom is 0.325 e. The maximum atomic E-state index is 12.6. The molecule has 3 amide bonds. The Kier molecular flexibility index (Phi) is 8.11. The summed E-state index contributed by atoms with van der Waals surface area (Å²) in [4.78, 5) is 28.5. The summed E-state index contributed by atoms with van der Waals surface area (Å²) < 4.78 is 0. The van der Waals surface area contributed by atoms with Gasteiger partial charge in [-0.1, -0.05) is 25.7 Å². The van der Waals surface area contributed by atoms with E-state index in [4.69, 9.17) is 23.2 Å². The van der Waals surface area contributed by atoms with E-state index in [2.05, 4.69) is 10.2 Å². The van der Waals surface area contributed by atoms with Gasteiger partial charge in [0, 0.05) is 31.4 Å². The lowest BCUT2D eigenvalue weighted by molar-refractivity contribution is -0.132. The lowest BCUT2D eigenvalue weighted by Gasteiger charge is -2.30. The van der Waals surface area contributed by atoms with Gasteiger partial charge in [0.15, 0.2) is 0 Å². The fourth-order valence-corrected chi connectivity index (χ4v) is 4.21. The van der Waals surface area contributed by atoms with E-state index < -0.39 is 5.54 Å². The molecule has 0 aromatic heterocycles. The van der Waals surface area contributed by atoms with Crippen LogP contribution in [0.2, 0.25) is 0 Å². The molecular formula is C17H29Cl2N3O2. The number of hydrogen-bond donors (Lipinski definition) is 1. The van der Waals surface area contributed by atoms with Gasteiger partial charge in [-0.3, -0.25) is 9.69 Å². The molecule has 1 saturated heterocycles. The van der Waals surface area contributed by atoms with Crippen molar-refractivity contribution in [3.8, 4) is 0 Å². The molecule has 0 radical (unpaired) electrons. The zero-order chi connectivity index (χ0) is 17.4. The van der Waals surface area contributed by atoms with Crippen molar-refractivity contribution in [3.63, 3.8) is 0 Å². The maximum absolute atomic E-state index is 12.6. The quantitative estimate of drug-likeness (QED) is 0.361. The van der Waals surface area contributed by atoms with Crippen LogP contribution >= 0.6 is 23.2 Å². The average Bonchev–Trinajstić information content (AvgIpc) is 2.79. The third kappa shape index (κ3) is 4.99. The molecule has 0 aromatic carbocycles. The summed E-state index contributed by atoms with van der Waals surface area (Å²) >= 11 is 11.6. The predicted molar refractivity (Wildman–Crippen MR) is 97.8 cm³/mol. The van der Waals surface area contributed by atoms with E-state index >= 15 is 0 Å². The Hall–Kier alpha value is -0.520. The Morgan fingerprint density at radius 3 is 2.25 bits per heavy atom. The number of unbranched alkanes of at least 4 members (excludes halogenated alkanes) is 2. The van der Waals surface area contributed by atoms with Crippen LogP contribution in [-0.4, -0.2) is 65.2 Å². The average molecular weight is 378 g/mol. The van der Waals surface area contributed by atoms with Crippen molar-refractivity contribution >= 4 is 35.1 Å². The number of carbonyl (C=O) groups excluding carboxylic acids is 2. The third-order valence-corrected chi connectivity index (χ3v) is 5.45. The van der Waals surface area contributed by atoms with E-state index in [1.807, 2.05) is 0 Å². The summed E-state index contributed by atoms with van der Waals surface area (Å²) in [5.41, 5.74) is -0.590. The van der Waals surface area contributed by atoms with E-state index in [0.717, 1.165) is 71.0 Å². The van der Waals surface area contributed by atoms with Gasteiger partial charge in [0.25, 0.3) is 5.91 Å². The second-order valence-electron chi connectivity index (χ2n) is 6.81. The number of carbonyl (C=O) groups is 2. The van der Waals surface area contributed by atoms with Crippen LogP contribution < -0.4 is 5.32 Å². The largest absolute Gasteiger partial charge is 0.325 e. The van der Waals surface area contributed by atoms with E-state index in [-0.39, 0.29) is 11.9 Å². The minimum atomic E-state index is -0.590. The SMILES string of the molecule is O=C1NC2(CCCCC2)C(=O)N1CCCCCN(CCCl)CCCl. The standard InChI is InChI=1S/C17H29Cl2N3O2/c18-9-13-21(14-10-19)11-5-2-6-12-22-15(23)17(20-16(22)24)7-3-1-4-8-17/h1-14H2,(H,20,24). The fourth-order valence-electron chi connectivity index (χ4n) is 3.73. The van der Waals surface area contributed by atoms with Crippen molar-refractivity contribution in [2.24, 2.45) is 0 Å².